The van der Waals surface area contributed by atoms with Gasteiger partial charge in [-0.15, -0.1) is 0 Å². The maximum atomic E-state index is 12.8. The molecule has 2 unspecified atom stereocenters. The van der Waals surface area contributed by atoms with Crippen LogP contribution in [0.2, 0.25) is 0 Å². The lowest BCUT2D eigenvalue weighted by Gasteiger charge is -2.17. The molecule has 104 valence electrons. The lowest BCUT2D eigenvalue weighted by atomic mass is 10.1. The van der Waals surface area contributed by atoms with Crippen LogP contribution in [0.25, 0.3) is 0 Å². The Bertz CT molecular complexity index is 436. The Morgan fingerprint density at radius 1 is 1.47 bits per heavy atom. The van der Waals surface area contributed by atoms with Crippen molar-refractivity contribution in [1.82, 2.24) is 10.6 Å². The van der Waals surface area contributed by atoms with E-state index in [1.54, 1.807) is 19.2 Å². The van der Waals surface area contributed by atoms with Crippen molar-refractivity contribution >= 4 is 5.91 Å². The summed E-state index contributed by atoms with van der Waals surface area (Å²) in [4.78, 5) is 12.1. The third-order valence-corrected chi connectivity index (χ3v) is 3.47. The number of benzene rings is 1. The first-order valence-corrected chi connectivity index (χ1v) is 6.42. The van der Waals surface area contributed by atoms with E-state index in [9.17, 15) is 9.18 Å². The van der Waals surface area contributed by atoms with E-state index in [0.29, 0.717) is 13.0 Å². The second-order valence-corrected chi connectivity index (χ2v) is 4.84. The monoisotopic (exact) mass is 266 g/mol. The summed E-state index contributed by atoms with van der Waals surface area (Å²) in [5.41, 5.74) is 0.885. The van der Waals surface area contributed by atoms with Gasteiger partial charge in [0, 0.05) is 13.7 Å². The normalized spacial score (nSPS) is 24.2. The Hall–Kier alpha value is -1.46. The second-order valence-electron chi connectivity index (χ2n) is 4.84. The van der Waals surface area contributed by atoms with Crippen molar-refractivity contribution in [3.05, 3.63) is 35.6 Å². The van der Waals surface area contributed by atoms with Crippen LogP contribution in [0.3, 0.4) is 0 Å². The fourth-order valence-electron chi connectivity index (χ4n) is 2.23. The summed E-state index contributed by atoms with van der Waals surface area (Å²) in [5.74, 6) is -0.320. The zero-order chi connectivity index (χ0) is 13.8. The third kappa shape index (κ3) is 3.52. The summed E-state index contributed by atoms with van der Waals surface area (Å²) in [6, 6.07) is 5.80. The highest BCUT2D eigenvalue weighted by Gasteiger charge is 2.29. The molecule has 19 heavy (non-hydrogen) atoms. The lowest BCUT2D eigenvalue weighted by Crippen LogP contribution is -2.41. The lowest BCUT2D eigenvalue weighted by molar-refractivity contribution is -0.123. The molecule has 5 heteroatoms. The van der Waals surface area contributed by atoms with Crippen LogP contribution in [0.1, 0.15) is 24.9 Å². The van der Waals surface area contributed by atoms with Gasteiger partial charge in [-0.05, 0) is 31.0 Å². The van der Waals surface area contributed by atoms with Gasteiger partial charge in [0.25, 0.3) is 0 Å². The number of ether oxygens (including phenoxy) is 1. The van der Waals surface area contributed by atoms with Gasteiger partial charge in [-0.25, -0.2) is 4.39 Å². The largest absolute Gasteiger partial charge is 0.380 e. The molecule has 1 aromatic carbocycles. The standard InChI is InChI=1S/C14H19FN2O2/c1-9(10-3-5-11(15)6-4-10)17-14(18)13-7-12(19-2)8-16-13/h3-6,9,12-13,16H,7-8H2,1-2H3,(H,17,18)/t9-,12?,13?/m1/s1. The Balaban J connectivity index is 1.90. The van der Waals surface area contributed by atoms with Crippen LogP contribution in [-0.4, -0.2) is 31.7 Å². The summed E-state index contributed by atoms with van der Waals surface area (Å²) in [6.07, 6.45) is 0.773. The van der Waals surface area contributed by atoms with Crippen LogP contribution in [0.15, 0.2) is 24.3 Å². The number of hydrogen-bond acceptors (Lipinski definition) is 3. The molecule has 3 atom stereocenters. The second kappa shape index (κ2) is 6.12. The first kappa shape index (κ1) is 14.0. The van der Waals surface area contributed by atoms with Gasteiger partial charge in [0.1, 0.15) is 5.82 Å². The van der Waals surface area contributed by atoms with E-state index >= 15 is 0 Å². The fraction of sp³-hybridized carbons (Fsp3) is 0.500. The first-order chi connectivity index (χ1) is 9.10. The van der Waals surface area contributed by atoms with E-state index in [0.717, 1.165) is 5.56 Å². The molecule has 0 bridgehead atoms. The van der Waals surface area contributed by atoms with Gasteiger partial charge in [-0.1, -0.05) is 12.1 Å². The predicted molar refractivity (Wildman–Crippen MR) is 70.2 cm³/mol. The van der Waals surface area contributed by atoms with Crippen LogP contribution in [0, 0.1) is 5.82 Å². The van der Waals surface area contributed by atoms with E-state index in [1.165, 1.54) is 12.1 Å². The van der Waals surface area contributed by atoms with Crippen molar-refractivity contribution < 1.29 is 13.9 Å². The van der Waals surface area contributed by atoms with Crippen LogP contribution >= 0.6 is 0 Å². The summed E-state index contributed by atoms with van der Waals surface area (Å²) >= 11 is 0. The van der Waals surface area contributed by atoms with Crippen molar-refractivity contribution in [2.75, 3.05) is 13.7 Å². The van der Waals surface area contributed by atoms with Crippen LogP contribution < -0.4 is 10.6 Å². The number of amides is 1. The minimum absolute atomic E-state index is 0.0450. The predicted octanol–water partition coefficient (Wildman–Crippen LogP) is 1.38. The molecule has 0 aliphatic carbocycles. The molecule has 1 heterocycles. The summed E-state index contributed by atoms with van der Waals surface area (Å²) in [7, 11) is 1.65. The topological polar surface area (TPSA) is 50.4 Å². The maximum Gasteiger partial charge on any atom is 0.237 e. The first-order valence-electron chi connectivity index (χ1n) is 6.42. The van der Waals surface area contributed by atoms with Crippen molar-refractivity contribution in [2.45, 2.75) is 31.5 Å². The Labute approximate surface area is 112 Å². The van der Waals surface area contributed by atoms with E-state index in [1.807, 2.05) is 6.92 Å². The maximum absolute atomic E-state index is 12.8. The zero-order valence-corrected chi connectivity index (χ0v) is 11.2. The minimum atomic E-state index is -0.275. The Kier molecular flexibility index (Phi) is 4.50. The van der Waals surface area contributed by atoms with Gasteiger partial charge in [-0.3, -0.25) is 4.79 Å². The molecule has 2 rings (SSSR count). The van der Waals surface area contributed by atoms with Crippen molar-refractivity contribution in [1.29, 1.82) is 0 Å². The summed E-state index contributed by atoms with van der Waals surface area (Å²) < 4.78 is 18.0. The number of hydrogen-bond donors (Lipinski definition) is 2. The highest BCUT2D eigenvalue weighted by molar-refractivity contribution is 5.82. The van der Waals surface area contributed by atoms with E-state index < -0.39 is 0 Å². The molecule has 1 aromatic rings. The SMILES string of the molecule is COC1CNC(C(=O)N[C@H](C)c2ccc(F)cc2)C1. The molecule has 1 aliphatic heterocycles. The smallest absolute Gasteiger partial charge is 0.237 e. The summed E-state index contributed by atoms with van der Waals surface area (Å²) in [6.45, 7) is 2.58. The van der Waals surface area contributed by atoms with Gasteiger partial charge in [0.05, 0.1) is 18.2 Å². The molecule has 1 fully saturated rings. The number of carbonyl (C=O) groups is 1. The molecule has 0 aromatic heterocycles. The summed E-state index contributed by atoms with van der Waals surface area (Å²) in [5, 5.41) is 6.05. The number of nitrogens with one attached hydrogen (secondary N) is 2. The van der Waals surface area contributed by atoms with Crippen molar-refractivity contribution in [3.8, 4) is 0 Å². The molecule has 1 saturated heterocycles. The van der Waals surface area contributed by atoms with Crippen LogP contribution in [0.5, 0.6) is 0 Å². The van der Waals surface area contributed by atoms with Gasteiger partial charge >= 0.3 is 0 Å². The van der Waals surface area contributed by atoms with E-state index in [2.05, 4.69) is 10.6 Å². The molecule has 1 amide bonds. The third-order valence-electron chi connectivity index (χ3n) is 3.47. The van der Waals surface area contributed by atoms with Crippen LogP contribution in [0.4, 0.5) is 4.39 Å². The van der Waals surface area contributed by atoms with E-state index in [4.69, 9.17) is 4.74 Å². The molecule has 1 aliphatic rings. The van der Waals surface area contributed by atoms with Crippen molar-refractivity contribution in [2.24, 2.45) is 0 Å². The zero-order valence-electron chi connectivity index (χ0n) is 11.2. The fourth-order valence-corrected chi connectivity index (χ4v) is 2.23. The molecule has 0 radical (unpaired) electrons. The average Bonchev–Trinajstić information content (AvgIpc) is 2.88. The van der Waals surface area contributed by atoms with Gasteiger partial charge in [-0.2, -0.15) is 0 Å². The van der Waals surface area contributed by atoms with Gasteiger partial charge in [0.2, 0.25) is 5.91 Å². The average molecular weight is 266 g/mol. The number of methoxy groups -OCH3 is 1. The number of carbonyl (C=O) groups excluding carboxylic acids is 1. The Morgan fingerprint density at radius 3 is 2.74 bits per heavy atom. The number of rotatable bonds is 4. The molecule has 0 saturated carbocycles. The highest BCUT2D eigenvalue weighted by atomic mass is 19.1. The molecule has 4 nitrogen and oxygen atoms in total. The molecule has 2 N–H and O–H groups in total. The highest BCUT2D eigenvalue weighted by Crippen LogP contribution is 2.15. The molecular formula is C14H19FN2O2. The van der Waals surface area contributed by atoms with Gasteiger partial charge < -0.3 is 15.4 Å². The molecular weight excluding hydrogens is 247 g/mol. The van der Waals surface area contributed by atoms with E-state index in [-0.39, 0.29) is 29.9 Å². The number of halogens is 1. The van der Waals surface area contributed by atoms with Crippen molar-refractivity contribution in [3.63, 3.8) is 0 Å². The van der Waals surface area contributed by atoms with Gasteiger partial charge in [0.15, 0.2) is 0 Å². The minimum Gasteiger partial charge on any atom is -0.380 e. The molecule has 0 spiro atoms. The Morgan fingerprint density at radius 2 is 2.16 bits per heavy atom. The quantitative estimate of drug-likeness (QED) is 0.865. The van der Waals surface area contributed by atoms with Crippen LogP contribution in [-0.2, 0) is 9.53 Å².